The Labute approximate surface area is 184 Å². The molecule has 0 spiro atoms. The van der Waals surface area contributed by atoms with Crippen molar-refractivity contribution in [2.75, 3.05) is 10.6 Å². The fraction of sp³-hybridized carbons (Fsp3) is 0.750. The minimum absolute atomic E-state index is 0.0665. The van der Waals surface area contributed by atoms with Crippen LogP contribution in [0.2, 0.25) is 0 Å². The molecule has 3 N–H and O–H groups in total. The maximum Gasteiger partial charge on any atom is 0.294 e. The van der Waals surface area contributed by atoms with E-state index in [9.17, 15) is 8.42 Å². The molecule has 0 saturated heterocycles. The number of nitrogens with one attached hydrogen (secondary N) is 2. The van der Waals surface area contributed by atoms with E-state index >= 15 is 0 Å². The van der Waals surface area contributed by atoms with E-state index in [1.54, 1.807) is 6.07 Å². The van der Waals surface area contributed by atoms with Crippen LogP contribution in [-0.4, -0.2) is 19.1 Å². The summed E-state index contributed by atoms with van der Waals surface area (Å²) < 4.78 is 31.7. The number of rotatable bonds is 17. The van der Waals surface area contributed by atoms with Gasteiger partial charge in [0, 0.05) is 0 Å². The molecule has 1 unspecified atom stereocenters. The first-order valence-electron chi connectivity index (χ1n) is 12.2. The number of unbranched alkanes of at least 4 members (excludes halogenated alkanes) is 14. The summed E-state index contributed by atoms with van der Waals surface area (Å²) in [5.74, 6) is 0. The van der Waals surface area contributed by atoms with Crippen molar-refractivity contribution in [2.45, 2.75) is 121 Å². The lowest BCUT2D eigenvalue weighted by Gasteiger charge is -2.12. The molecule has 1 atom stereocenters. The van der Waals surface area contributed by atoms with Gasteiger partial charge in [0.2, 0.25) is 0 Å². The summed E-state index contributed by atoms with van der Waals surface area (Å²) in [6, 6.07) is 4.63. The highest BCUT2D eigenvalue weighted by atomic mass is 32.2. The lowest BCUT2D eigenvalue weighted by atomic mass is 10.0. The summed E-state index contributed by atoms with van der Waals surface area (Å²) in [5, 5.41) is 6.69. The van der Waals surface area contributed by atoms with Gasteiger partial charge in [0.25, 0.3) is 10.1 Å². The average Bonchev–Trinajstić information content (AvgIpc) is 3.12. The second kappa shape index (κ2) is 13.9. The van der Waals surface area contributed by atoms with Crippen molar-refractivity contribution >= 4 is 21.5 Å². The predicted octanol–water partition coefficient (Wildman–Crippen LogP) is 7.36. The Balaban J connectivity index is 1.41. The number of anilines is 2. The third kappa shape index (κ3) is 9.69. The average molecular weight is 439 g/mol. The van der Waals surface area contributed by atoms with E-state index in [-0.39, 0.29) is 11.1 Å². The molecular formula is C24H42N2O3S. The first-order valence-corrected chi connectivity index (χ1v) is 13.6. The summed E-state index contributed by atoms with van der Waals surface area (Å²) in [6.45, 7) is 2.27. The van der Waals surface area contributed by atoms with Crippen molar-refractivity contribution in [3.8, 4) is 0 Å². The van der Waals surface area contributed by atoms with Crippen molar-refractivity contribution < 1.29 is 13.0 Å². The highest BCUT2D eigenvalue weighted by Gasteiger charge is 2.21. The Hall–Kier alpha value is -1.27. The van der Waals surface area contributed by atoms with Crippen molar-refractivity contribution in [3.05, 3.63) is 18.2 Å². The molecule has 2 rings (SSSR count). The molecule has 1 heterocycles. The molecular weight excluding hydrogens is 396 g/mol. The van der Waals surface area contributed by atoms with Gasteiger partial charge in [-0.15, -0.1) is 0 Å². The molecule has 0 aliphatic carbocycles. The van der Waals surface area contributed by atoms with Gasteiger partial charge < -0.3 is 10.6 Å². The summed E-state index contributed by atoms with van der Waals surface area (Å²) >= 11 is 0. The van der Waals surface area contributed by atoms with Crippen molar-refractivity contribution in [2.24, 2.45) is 0 Å². The van der Waals surface area contributed by atoms with Crippen LogP contribution in [0.5, 0.6) is 0 Å². The van der Waals surface area contributed by atoms with Gasteiger partial charge in [0.15, 0.2) is 0 Å². The minimum atomic E-state index is -4.15. The quantitative estimate of drug-likeness (QED) is 0.175. The van der Waals surface area contributed by atoms with Gasteiger partial charge in [0.1, 0.15) is 0 Å². The van der Waals surface area contributed by atoms with E-state index in [0.29, 0.717) is 0 Å². The van der Waals surface area contributed by atoms with E-state index in [0.717, 1.165) is 24.2 Å². The van der Waals surface area contributed by atoms with Crippen molar-refractivity contribution in [3.63, 3.8) is 0 Å². The van der Waals surface area contributed by atoms with Crippen LogP contribution in [0.25, 0.3) is 0 Å². The smallest absolute Gasteiger partial charge is 0.294 e. The fourth-order valence-corrected chi connectivity index (χ4v) is 4.71. The SMILES string of the molecule is CCCCCCCCCCCCCCCCCC1Nc2ccc(S(=O)(=O)O)cc2N1. The van der Waals surface area contributed by atoms with E-state index in [1.165, 1.54) is 102 Å². The predicted molar refractivity (Wildman–Crippen MR) is 127 cm³/mol. The molecule has 0 aromatic heterocycles. The van der Waals surface area contributed by atoms with Crippen LogP contribution in [0.3, 0.4) is 0 Å². The summed E-state index contributed by atoms with van der Waals surface area (Å²) in [5.41, 5.74) is 1.64. The van der Waals surface area contributed by atoms with Crippen LogP contribution in [0.4, 0.5) is 11.4 Å². The molecule has 1 aromatic rings. The van der Waals surface area contributed by atoms with Gasteiger partial charge in [-0.1, -0.05) is 96.8 Å². The van der Waals surface area contributed by atoms with E-state index in [2.05, 4.69) is 17.6 Å². The molecule has 0 saturated carbocycles. The topological polar surface area (TPSA) is 78.4 Å². The fourth-order valence-electron chi connectivity index (χ4n) is 4.20. The van der Waals surface area contributed by atoms with Crippen molar-refractivity contribution in [1.82, 2.24) is 0 Å². The number of fused-ring (bicyclic) bond motifs is 1. The molecule has 0 bridgehead atoms. The third-order valence-electron chi connectivity index (χ3n) is 6.04. The van der Waals surface area contributed by atoms with E-state index < -0.39 is 10.1 Å². The van der Waals surface area contributed by atoms with Crippen LogP contribution in [0.1, 0.15) is 110 Å². The van der Waals surface area contributed by atoms with Gasteiger partial charge in [-0.2, -0.15) is 8.42 Å². The maximum atomic E-state index is 11.3. The number of hydrogen-bond acceptors (Lipinski definition) is 4. The molecule has 0 radical (unpaired) electrons. The van der Waals surface area contributed by atoms with Crippen LogP contribution >= 0.6 is 0 Å². The second-order valence-corrected chi connectivity index (χ2v) is 10.2. The molecule has 1 aliphatic heterocycles. The van der Waals surface area contributed by atoms with E-state index in [4.69, 9.17) is 4.55 Å². The normalized spacial score (nSPS) is 15.6. The first kappa shape index (κ1) is 25.0. The molecule has 0 amide bonds. The number of benzene rings is 1. The summed E-state index contributed by atoms with van der Waals surface area (Å²) in [4.78, 5) is -0.0665. The Kier molecular flexibility index (Phi) is 11.6. The molecule has 5 nitrogen and oxygen atoms in total. The molecule has 1 aliphatic rings. The third-order valence-corrected chi connectivity index (χ3v) is 6.89. The van der Waals surface area contributed by atoms with E-state index in [1.807, 2.05) is 0 Å². The van der Waals surface area contributed by atoms with Gasteiger partial charge >= 0.3 is 0 Å². The lowest BCUT2D eigenvalue weighted by molar-refractivity contribution is 0.483. The molecule has 30 heavy (non-hydrogen) atoms. The Morgan fingerprint density at radius 2 is 1.20 bits per heavy atom. The molecule has 0 fully saturated rings. The zero-order valence-corrected chi connectivity index (χ0v) is 19.6. The highest BCUT2D eigenvalue weighted by molar-refractivity contribution is 7.85. The van der Waals surface area contributed by atoms with Gasteiger partial charge in [-0.25, -0.2) is 0 Å². The van der Waals surface area contributed by atoms with Crippen LogP contribution in [0, 0.1) is 0 Å². The number of hydrogen-bond donors (Lipinski definition) is 3. The Morgan fingerprint density at radius 3 is 1.70 bits per heavy atom. The summed E-state index contributed by atoms with van der Waals surface area (Å²) in [6.07, 6.45) is 21.6. The van der Waals surface area contributed by atoms with Crippen LogP contribution in [-0.2, 0) is 10.1 Å². The molecule has 1 aromatic carbocycles. The van der Waals surface area contributed by atoms with Gasteiger partial charge in [-0.3, -0.25) is 4.55 Å². The van der Waals surface area contributed by atoms with Crippen LogP contribution < -0.4 is 10.6 Å². The van der Waals surface area contributed by atoms with Crippen LogP contribution in [0.15, 0.2) is 23.1 Å². The maximum absolute atomic E-state index is 11.3. The Bertz CT molecular complexity index is 706. The van der Waals surface area contributed by atoms with Gasteiger partial charge in [-0.05, 0) is 31.0 Å². The minimum Gasteiger partial charge on any atom is -0.364 e. The summed E-state index contributed by atoms with van der Waals surface area (Å²) in [7, 11) is -4.15. The Morgan fingerprint density at radius 1 is 0.733 bits per heavy atom. The second-order valence-electron chi connectivity index (χ2n) is 8.76. The zero-order valence-electron chi connectivity index (χ0n) is 18.8. The molecule has 172 valence electrons. The standard InChI is InChI=1S/C24H42N2O3S/c1-2-3-4-5-6-7-8-9-10-11-12-13-14-15-16-17-24-25-22-19-18-21(30(27,28)29)20-23(22)26-24/h18-20,24-26H,2-17H2,1H3,(H,27,28,29). The monoisotopic (exact) mass is 438 g/mol. The lowest BCUT2D eigenvalue weighted by Crippen LogP contribution is -2.21. The highest BCUT2D eigenvalue weighted by Crippen LogP contribution is 2.32. The van der Waals surface area contributed by atoms with Crippen molar-refractivity contribution in [1.29, 1.82) is 0 Å². The zero-order chi connectivity index (χ0) is 21.7. The van der Waals surface area contributed by atoms with Gasteiger partial charge in [0.05, 0.1) is 22.4 Å². The molecule has 6 heteroatoms. The largest absolute Gasteiger partial charge is 0.364 e. The first-order chi connectivity index (χ1) is 14.5.